The summed E-state index contributed by atoms with van der Waals surface area (Å²) in [6.45, 7) is 5.83. The summed E-state index contributed by atoms with van der Waals surface area (Å²) >= 11 is 0. The van der Waals surface area contributed by atoms with Crippen molar-refractivity contribution in [3.63, 3.8) is 0 Å². The molecule has 1 aliphatic rings. The van der Waals surface area contributed by atoms with Crippen LogP contribution in [0.25, 0.3) is 0 Å². The molecule has 88 valence electrons. The summed E-state index contributed by atoms with van der Waals surface area (Å²) in [5, 5.41) is 19.3. The second-order valence-corrected chi connectivity index (χ2v) is 3.85. The van der Waals surface area contributed by atoms with Gasteiger partial charge in [0.25, 0.3) is 0 Å². The van der Waals surface area contributed by atoms with Crippen molar-refractivity contribution in [1.82, 2.24) is 4.90 Å². The van der Waals surface area contributed by atoms with Crippen molar-refractivity contribution in [1.29, 1.82) is 0 Å². The van der Waals surface area contributed by atoms with Gasteiger partial charge in [-0.1, -0.05) is 0 Å². The molecule has 0 fully saturated rings. The van der Waals surface area contributed by atoms with Crippen molar-refractivity contribution < 1.29 is 19.8 Å². The Bertz CT molecular complexity index is 420. The minimum Gasteiger partial charge on any atom is -0.504 e. The number of ketones is 1. The Kier molecular flexibility index (Phi) is 3.07. The summed E-state index contributed by atoms with van der Waals surface area (Å²) in [7, 11) is 0. The third-order valence-corrected chi connectivity index (χ3v) is 2.75. The molecule has 0 spiro atoms. The molecule has 5 nitrogen and oxygen atoms in total. The summed E-state index contributed by atoms with van der Waals surface area (Å²) in [5.74, 6) is -1.66. The van der Waals surface area contributed by atoms with Gasteiger partial charge >= 0.3 is 0 Å². The monoisotopic (exact) mass is 225 g/mol. The molecule has 0 saturated heterocycles. The Hall–Kier alpha value is -1.78. The van der Waals surface area contributed by atoms with Crippen LogP contribution >= 0.6 is 0 Å². The van der Waals surface area contributed by atoms with Crippen LogP contribution in [0.1, 0.15) is 27.7 Å². The van der Waals surface area contributed by atoms with Gasteiger partial charge in [0.15, 0.2) is 17.3 Å². The van der Waals surface area contributed by atoms with Crippen LogP contribution in [0.15, 0.2) is 22.8 Å². The molecular weight excluding hydrogens is 210 g/mol. The van der Waals surface area contributed by atoms with Crippen LogP contribution in [0, 0.1) is 0 Å². The minimum atomic E-state index is -0.529. The summed E-state index contributed by atoms with van der Waals surface area (Å²) in [6, 6.07) is -0.438. The maximum Gasteiger partial charge on any atom is 0.224 e. The van der Waals surface area contributed by atoms with Gasteiger partial charge in [-0.15, -0.1) is 0 Å². The van der Waals surface area contributed by atoms with Crippen LogP contribution < -0.4 is 0 Å². The Morgan fingerprint density at radius 3 is 2.06 bits per heavy atom. The first-order valence-electron chi connectivity index (χ1n) is 4.93. The van der Waals surface area contributed by atoms with Crippen LogP contribution in [0.4, 0.5) is 0 Å². The van der Waals surface area contributed by atoms with Gasteiger partial charge in [-0.25, -0.2) is 0 Å². The van der Waals surface area contributed by atoms with Gasteiger partial charge < -0.3 is 10.2 Å². The van der Waals surface area contributed by atoms with Crippen molar-refractivity contribution in [3.05, 3.63) is 22.8 Å². The summed E-state index contributed by atoms with van der Waals surface area (Å²) in [5.41, 5.74) is 0.306. The Balaban J connectivity index is 3.45. The molecule has 1 rings (SSSR count). The molecule has 1 unspecified atom stereocenters. The fraction of sp³-hybridized carbons (Fsp3) is 0.455. The molecule has 0 bridgehead atoms. The summed E-state index contributed by atoms with van der Waals surface area (Å²) in [6.07, 6.45) is 0. The topological polar surface area (TPSA) is 77.8 Å². The maximum atomic E-state index is 11.4. The molecule has 0 aliphatic carbocycles. The van der Waals surface area contributed by atoms with Crippen LogP contribution in [-0.4, -0.2) is 32.8 Å². The lowest BCUT2D eigenvalue weighted by Gasteiger charge is -2.34. The number of allylic oxidation sites excluding steroid dienone is 1. The van der Waals surface area contributed by atoms with E-state index in [1.54, 1.807) is 13.8 Å². The van der Waals surface area contributed by atoms with Crippen molar-refractivity contribution in [2.24, 2.45) is 0 Å². The van der Waals surface area contributed by atoms with E-state index < -0.39 is 17.6 Å². The quantitative estimate of drug-likeness (QED) is 0.707. The number of hydrogen-bond donors (Lipinski definition) is 2. The zero-order chi connectivity index (χ0) is 12.6. The molecular formula is C11H15NO4. The molecule has 0 aromatic rings. The van der Waals surface area contributed by atoms with Gasteiger partial charge in [0.1, 0.15) is 5.70 Å². The first-order chi connectivity index (χ1) is 7.29. The minimum absolute atomic E-state index is 0.150. The lowest BCUT2D eigenvalue weighted by molar-refractivity contribution is -0.131. The van der Waals surface area contributed by atoms with Gasteiger partial charge in [0, 0.05) is 13.8 Å². The van der Waals surface area contributed by atoms with E-state index >= 15 is 0 Å². The van der Waals surface area contributed by atoms with Crippen LogP contribution in [0.5, 0.6) is 0 Å². The fourth-order valence-electron chi connectivity index (χ4n) is 1.76. The molecule has 0 saturated carbocycles. The molecule has 1 amide bonds. The highest BCUT2D eigenvalue weighted by atomic mass is 16.3. The molecule has 1 aliphatic heterocycles. The van der Waals surface area contributed by atoms with Crippen LogP contribution in [0.2, 0.25) is 0 Å². The Labute approximate surface area is 93.7 Å². The molecule has 0 aromatic carbocycles. The van der Waals surface area contributed by atoms with E-state index in [1.165, 1.54) is 18.7 Å². The van der Waals surface area contributed by atoms with Gasteiger partial charge in [-0.3, -0.25) is 14.5 Å². The predicted octanol–water partition coefficient (Wildman–Crippen LogP) is 1.43. The van der Waals surface area contributed by atoms with E-state index in [-0.39, 0.29) is 17.4 Å². The number of Topliss-reactive ketones (excluding diaryl/α,β-unsaturated/α-hetero) is 1. The van der Waals surface area contributed by atoms with Gasteiger partial charge in [0.2, 0.25) is 5.91 Å². The molecule has 1 atom stereocenters. The van der Waals surface area contributed by atoms with Crippen molar-refractivity contribution >= 4 is 11.7 Å². The lowest BCUT2D eigenvalue weighted by atomic mass is 9.99. The number of aliphatic hydroxyl groups excluding tert-OH is 2. The number of carbonyl (C=O) groups is 2. The van der Waals surface area contributed by atoms with E-state index in [9.17, 15) is 19.8 Å². The molecule has 0 radical (unpaired) electrons. The average molecular weight is 225 g/mol. The highest BCUT2D eigenvalue weighted by Crippen LogP contribution is 2.29. The third-order valence-electron chi connectivity index (χ3n) is 2.75. The molecule has 2 N–H and O–H groups in total. The second kappa shape index (κ2) is 4.00. The standard InChI is InChI=1S/C11H15NO4/c1-5-6(2)12(8(4)14)9(7(3)13)11(16)10(5)15/h6,15-16H,1-4H3. The van der Waals surface area contributed by atoms with Crippen LogP contribution in [-0.2, 0) is 9.59 Å². The summed E-state index contributed by atoms with van der Waals surface area (Å²) < 4.78 is 0. The third kappa shape index (κ3) is 1.68. The second-order valence-electron chi connectivity index (χ2n) is 3.85. The van der Waals surface area contributed by atoms with Gasteiger partial charge in [0.05, 0.1) is 6.04 Å². The highest BCUT2D eigenvalue weighted by molar-refractivity contribution is 5.98. The van der Waals surface area contributed by atoms with Crippen molar-refractivity contribution in [2.75, 3.05) is 0 Å². The SMILES string of the molecule is CC(=O)C1=C(O)C(O)=C(C)C(C)N1C(C)=O. The predicted molar refractivity (Wildman–Crippen MR) is 57.6 cm³/mol. The first-order valence-corrected chi connectivity index (χ1v) is 4.93. The van der Waals surface area contributed by atoms with E-state index in [1.807, 2.05) is 0 Å². The largest absolute Gasteiger partial charge is 0.504 e. The number of carbonyl (C=O) groups excluding carboxylic acids is 2. The average Bonchev–Trinajstić information content (AvgIpc) is 2.18. The van der Waals surface area contributed by atoms with Crippen LogP contribution in [0.3, 0.4) is 0 Å². The van der Waals surface area contributed by atoms with Crippen molar-refractivity contribution in [3.8, 4) is 0 Å². The fourth-order valence-corrected chi connectivity index (χ4v) is 1.76. The molecule has 16 heavy (non-hydrogen) atoms. The zero-order valence-corrected chi connectivity index (χ0v) is 9.74. The molecule has 1 heterocycles. The molecule has 5 heteroatoms. The number of amides is 1. The Morgan fingerprint density at radius 2 is 1.69 bits per heavy atom. The van der Waals surface area contributed by atoms with Gasteiger partial charge in [-0.2, -0.15) is 0 Å². The first kappa shape index (κ1) is 12.3. The van der Waals surface area contributed by atoms with Crippen molar-refractivity contribution in [2.45, 2.75) is 33.7 Å². The maximum absolute atomic E-state index is 11.4. The van der Waals surface area contributed by atoms with E-state index in [0.29, 0.717) is 5.57 Å². The number of rotatable bonds is 1. The van der Waals surface area contributed by atoms with E-state index in [4.69, 9.17) is 0 Å². The zero-order valence-electron chi connectivity index (χ0n) is 9.74. The normalized spacial score (nSPS) is 21.5. The number of nitrogens with zero attached hydrogens (tertiary/aromatic N) is 1. The number of aliphatic hydroxyl groups is 2. The molecule has 0 aromatic heterocycles. The van der Waals surface area contributed by atoms with E-state index in [2.05, 4.69) is 0 Å². The highest BCUT2D eigenvalue weighted by Gasteiger charge is 2.35. The lowest BCUT2D eigenvalue weighted by Crippen LogP contribution is -2.43. The summed E-state index contributed by atoms with van der Waals surface area (Å²) in [4.78, 5) is 24.0. The smallest absolute Gasteiger partial charge is 0.224 e. The van der Waals surface area contributed by atoms with E-state index in [0.717, 1.165) is 0 Å². The Morgan fingerprint density at radius 1 is 1.19 bits per heavy atom. The van der Waals surface area contributed by atoms with Gasteiger partial charge in [-0.05, 0) is 19.4 Å². The number of hydrogen-bond acceptors (Lipinski definition) is 4.